The van der Waals surface area contributed by atoms with E-state index in [2.05, 4.69) is 0 Å². The van der Waals surface area contributed by atoms with Crippen molar-refractivity contribution in [2.45, 2.75) is 0 Å². The predicted molar refractivity (Wildman–Crippen MR) is 34.9 cm³/mol. The molecular formula is C7H6FNaO3. The number of carboxylic acid groups (broad SMARTS) is 1. The van der Waals surface area contributed by atoms with E-state index in [1.54, 1.807) is 6.07 Å². The largest absolute Gasteiger partial charge is 1.00 e. The van der Waals surface area contributed by atoms with Gasteiger partial charge in [0.15, 0.2) is 0 Å². The number of carbonyl (C=O) groups excluding carboxylic acids is 1. The maximum Gasteiger partial charge on any atom is 1.00 e. The fourth-order valence-corrected chi connectivity index (χ4v) is 0.646. The maximum atomic E-state index is 10.2. The van der Waals surface area contributed by atoms with Crippen molar-refractivity contribution < 1.29 is 49.3 Å². The third-order valence-corrected chi connectivity index (χ3v) is 1.12. The van der Waals surface area contributed by atoms with E-state index in [9.17, 15) is 9.90 Å². The molecule has 0 unspecified atom stereocenters. The Labute approximate surface area is 90.7 Å². The molecule has 1 aromatic carbocycles. The summed E-state index contributed by atoms with van der Waals surface area (Å²) >= 11 is 0. The summed E-state index contributed by atoms with van der Waals surface area (Å²) < 4.78 is 0. The Morgan fingerprint density at radius 3 is 2.17 bits per heavy atom. The summed E-state index contributed by atoms with van der Waals surface area (Å²) in [5, 5.41) is 19.0. The molecule has 0 aliphatic rings. The standard InChI is InChI=1S/C7H6O3.FH.Na/c8-6-4-2-1-3-5(6)7(9)10;;/h1-4,8H,(H,9,10);1H;/q;;+1/p-1. The third-order valence-electron chi connectivity index (χ3n) is 1.12. The molecule has 0 atom stereocenters. The van der Waals surface area contributed by atoms with Gasteiger partial charge in [-0.1, -0.05) is 12.1 Å². The SMILES string of the molecule is F.O=C([O-])c1ccccc1O.[Na+]. The number of hydrogen-bond donors (Lipinski definition) is 1. The van der Waals surface area contributed by atoms with Gasteiger partial charge in [-0.05, 0) is 12.1 Å². The number of aromatic hydroxyl groups is 1. The molecule has 0 aliphatic heterocycles. The molecule has 0 aliphatic carbocycles. The Hall–Kier alpha value is -0.580. The van der Waals surface area contributed by atoms with Crippen LogP contribution in [0.5, 0.6) is 5.75 Å². The monoisotopic (exact) mass is 180 g/mol. The predicted octanol–water partition coefficient (Wildman–Crippen LogP) is -3.09. The van der Waals surface area contributed by atoms with Gasteiger partial charge in [0.05, 0.1) is 5.97 Å². The van der Waals surface area contributed by atoms with Gasteiger partial charge in [-0.25, -0.2) is 0 Å². The van der Waals surface area contributed by atoms with Crippen LogP contribution in [0.25, 0.3) is 0 Å². The molecule has 0 saturated carbocycles. The average Bonchev–Trinajstić information content (AvgIpc) is 1.88. The van der Waals surface area contributed by atoms with Gasteiger partial charge in [-0.15, -0.1) is 0 Å². The molecule has 0 bridgehead atoms. The molecule has 0 radical (unpaired) electrons. The van der Waals surface area contributed by atoms with Gasteiger partial charge >= 0.3 is 29.6 Å². The minimum absolute atomic E-state index is 0. The number of aromatic carboxylic acids is 1. The van der Waals surface area contributed by atoms with Gasteiger partial charge in [0, 0.05) is 5.56 Å². The second kappa shape index (κ2) is 5.99. The number of rotatable bonds is 1. The molecule has 5 heteroatoms. The van der Waals surface area contributed by atoms with Crippen LogP contribution < -0.4 is 34.7 Å². The number of benzene rings is 1. The Balaban J connectivity index is 0. The van der Waals surface area contributed by atoms with Gasteiger partial charge in [0.2, 0.25) is 0 Å². The zero-order valence-corrected chi connectivity index (χ0v) is 8.48. The molecular weight excluding hydrogens is 174 g/mol. The van der Waals surface area contributed by atoms with Gasteiger partial charge in [0.25, 0.3) is 0 Å². The van der Waals surface area contributed by atoms with Crippen LogP contribution in [0, 0.1) is 0 Å². The second-order valence-corrected chi connectivity index (χ2v) is 1.80. The Morgan fingerprint density at radius 2 is 1.83 bits per heavy atom. The summed E-state index contributed by atoms with van der Waals surface area (Å²) in [6.45, 7) is 0. The molecule has 1 rings (SSSR count). The minimum Gasteiger partial charge on any atom is -0.545 e. The van der Waals surface area contributed by atoms with E-state index in [1.807, 2.05) is 0 Å². The number of carbonyl (C=O) groups is 1. The van der Waals surface area contributed by atoms with Crippen molar-refractivity contribution >= 4 is 5.97 Å². The number of phenols is 1. The van der Waals surface area contributed by atoms with Gasteiger partial charge in [0.1, 0.15) is 5.75 Å². The first-order valence-corrected chi connectivity index (χ1v) is 2.71. The van der Waals surface area contributed by atoms with Crippen LogP contribution in [-0.2, 0) is 0 Å². The first-order chi connectivity index (χ1) is 4.72. The van der Waals surface area contributed by atoms with Crippen LogP contribution in [0.15, 0.2) is 24.3 Å². The van der Waals surface area contributed by atoms with Crippen molar-refractivity contribution in [1.29, 1.82) is 0 Å². The smallest absolute Gasteiger partial charge is 0.545 e. The van der Waals surface area contributed by atoms with Gasteiger partial charge in [-0.2, -0.15) is 0 Å². The van der Waals surface area contributed by atoms with Crippen molar-refractivity contribution in [3.8, 4) is 5.75 Å². The van der Waals surface area contributed by atoms with Crippen molar-refractivity contribution in [1.82, 2.24) is 0 Å². The van der Waals surface area contributed by atoms with Gasteiger partial charge in [-0.3, -0.25) is 4.70 Å². The van der Waals surface area contributed by atoms with E-state index in [1.165, 1.54) is 18.2 Å². The van der Waals surface area contributed by atoms with Crippen LogP contribution in [0.4, 0.5) is 4.70 Å². The fourth-order valence-electron chi connectivity index (χ4n) is 0.646. The van der Waals surface area contributed by atoms with E-state index >= 15 is 0 Å². The Bertz CT molecular complexity index is 265. The molecule has 12 heavy (non-hydrogen) atoms. The molecule has 60 valence electrons. The summed E-state index contributed by atoms with van der Waals surface area (Å²) in [5.74, 6) is -1.62. The quantitative estimate of drug-likeness (QED) is 0.466. The molecule has 3 nitrogen and oxygen atoms in total. The summed E-state index contributed by atoms with van der Waals surface area (Å²) in [5.41, 5.74) is -0.178. The minimum atomic E-state index is -1.36. The molecule has 0 spiro atoms. The first kappa shape index (κ1) is 14.0. The van der Waals surface area contributed by atoms with E-state index in [4.69, 9.17) is 5.11 Å². The normalized spacial score (nSPS) is 7.67. The summed E-state index contributed by atoms with van der Waals surface area (Å²) in [7, 11) is 0. The molecule has 0 fully saturated rings. The number of hydrogen-bond acceptors (Lipinski definition) is 3. The Kier molecular flexibility index (Phi) is 6.98. The molecule has 0 amide bonds. The van der Waals surface area contributed by atoms with Gasteiger partial charge < -0.3 is 15.0 Å². The van der Waals surface area contributed by atoms with Crippen molar-refractivity contribution in [2.24, 2.45) is 0 Å². The average molecular weight is 180 g/mol. The van der Waals surface area contributed by atoms with Crippen molar-refractivity contribution in [2.75, 3.05) is 0 Å². The van der Waals surface area contributed by atoms with Crippen molar-refractivity contribution in [3.63, 3.8) is 0 Å². The summed E-state index contributed by atoms with van der Waals surface area (Å²) in [6.07, 6.45) is 0. The van der Waals surface area contributed by atoms with Crippen molar-refractivity contribution in [3.05, 3.63) is 29.8 Å². The zero-order chi connectivity index (χ0) is 7.56. The first-order valence-electron chi connectivity index (χ1n) is 2.71. The molecule has 0 heterocycles. The number of carboxylic acids is 1. The van der Waals surface area contributed by atoms with E-state index < -0.39 is 5.97 Å². The molecule has 1 N–H and O–H groups in total. The zero-order valence-electron chi connectivity index (χ0n) is 6.48. The maximum absolute atomic E-state index is 10.2. The van der Waals surface area contributed by atoms with Crippen LogP contribution in [-0.4, -0.2) is 11.1 Å². The molecule has 1 aromatic rings. The molecule has 0 aromatic heterocycles. The summed E-state index contributed by atoms with van der Waals surface area (Å²) in [4.78, 5) is 10.2. The fraction of sp³-hybridized carbons (Fsp3) is 0. The topological polar surface area (TPSA) is 60.4 Å². The van der Waals surface area contributed by atoms with Crippen LogP contribution in [0.3, 0.4) is 0 Å². The van der Waals surface area contributed by atoms with E-state index in [-0.39, 0.29) is 45.6 Å². The number of para-hydroxylation sites is 1. The molecule has 0 saturated heterocycles. The van der Waals surface area contributed by atoms with Crippen LogP contribution in [0.2, 0.25) is 0 Å². The number of halogens is 1. The Morgan fingerprint density at radius 1 is 1.33 bits per heavy atom. The van der Waals surface area contributed by atoms with Crippen LogP contribution >= 0.6 is 0 Å². The van der Waals surface area contributed by atoms with Crippen LogP contribution in [0.1, 0.15) is 10.4 Å². The van der Waals surface area contributed by atoms with E-state index in [0.29, 0.717) is 0 Å². The summed E-state index contributed by atoms with van der Waals surface area (Å²) in [6, 6.07) is 5.64. The second-order valence-electron chi connectivity index (χ2n) is 1.80. The van der Waals surface area contributed by atoms with E-state index in [0.717, 1.165) is 0 Å². The third kappa shape index (κ3) is 3.21.